The summed E-state index contributed by atoms with van der Waals surface area (Å²) >= 11 is 5.82. The molecular weight excluding hydrogens is 467 g/mol. The molecule has 9 nitrogen and oxygen atoms in total. The van der Waals surface area contributed by atoms with Crippen LogP contribution in [0.2, 0.25) is 5.02 Å². The number of aliphatic carboxylic acids is 1. The van der Waals surface area contributed by atoms with Gasteiger partial charge < -0.3 is 20.9 Å². The van der Waals surface area contributed by atoms with Crippen LogP contribution < -0.4 is 15.8 Å². The molecule has 3 rings (SSSR count). The third kappa shape index (κ3) is 6.14. The van der Waals surface area contributed by atoms with Gasteiger partial charge in [0.1, 0.15) is 17.4 Å². The Morgan fingerprint density at radius 2 is 1.88 bits per heavy atom. The maximum Gasteiger partial charge on any atom is 0.341 e. The third-order valence-electron chi connectivity index (χ3n) is 4.56. The van der Waals surface area contributed by atoms with Crippen molar-refractivity contribution >= 4 is 40.8 Å². The number of rotatable bonds is 9. The first-order valence-corrected chi connectivity index (χ1v) is 10.1. The maximum absolute atomic E-state index is 14.4. The van der Waals surface area contributed by atoms with E-state index in [1.165, 1.54) is 36.5 Å². The molecule has 5 N–H and O–H groups in total. The van der Waals surface area contributed by atoms with Gasteiger partial charge in [-0.25, -0.2) is 9.18 Å². The lowest BCUT2D eigenvalue weighted by atomic mass is 10.0. The zero-order valence-corrected chi connectivity index (χ0v) is 18.2. The molecule has 0 radical (unpaired) electrons. The number of hydrogen-bond acceptors (Lipinski definition) is 6. The minimum atomic E-state index is -1.21. The van der Waals surface area contributed by atoms with E-state index in [1.807, 2.05) is 0 Å². The number of carbonyl (C=O) groups excluding carboxylic acids is 2. The fraction of sp³-hybridized carbons (Fsp3) is 0.0870. The summed E-state index contributed by atoms with van der Waals surface area (Å²) in [5.74, 6) is -3.68. The molecule has 1 aromatic heterocycles. The van der Waals surface area contributed by atoms with Crippen molar-refractivity contribution in [3.8, 4) is 5.75 Å². The molecular formula is C23H18ClFN4O5. The molecule has 0 atom stereocenters. The SMILES string of the molecule is N=C(N)c1ccc(C(=O)Nc2ccc(OCC(=O)O)cc2C(=O)Cc2ccc(Cl)cn2)c(F)c1. The van der Waals surface area contributed by atoms with Crippen LogP contribution in [0.15, 0.2) is 54.7 Å². The molecule has 1 heterocycles. The number of benzene rings is 2. The van der Waals surface area contributed by atoms with Gasteiger partial charge in [-0.05, 0) is 42.5 Å². The number of aromatic nitrogens is 1. The van der Waals surface area contributed by atoms with E-state index >= 15 is 0 Å². The quantitative estimate of drug-likeness (QED) is 0.206. The van der Waals surface area contributed by atoms with Gasteiger partial charge in [-0.3, -0.25) is 20.0 Å². The predicted octanol–water partition coefficient (Wildman–Crippen LogP) is 3.30. The highest BCUT2D eigenvalue weighted by atomic mass is 35.5. The molecule has 0 bridgehead atoms. The van der Waals surface area contributed by atoms with E-state index < -0.39 is 30.1 Å². The van der Waals surface area contributed by atoms with E-state index in [0.29, 0.717) is 10.7 Å². The van der Waals surface area contributed by atoms with Crippen molar-refractivity contribution in [2.75, 3.05) is 11.9 Å². The van der Waals surface area contributed by atoms with Crippen molar-refractivity contribution in [2.24, 2.45) is 5.73 Å². The third-order valence-corrected chi connectivity index (χ3v) is 4.78. The number of nitrogens with two attached hydrogens (primary N) is 1. The number of nitrogen functional groups attached to an aromatic ring is 1. The number of hydrogen-bond donors (Lipinski definition) is 4. The van der Waals surface area contributed by atoms with Crippen molar-refractivity contribution in [2.45, 2.75) is 6.42 Å². The molecule has 0 saturated carbocycles. The topological polar surface area (TPSA) is 155 Å². The van der Waals surface area contributed by atoms with E-state index in [2.05, 4.69) is 10.3 Å². The summed E-state index contributed by atoms with van der Waals surface area (Å²) in [6, 6.07) is 10.6. The van der Waals surface area contributed by atoms with Crippen molar-refractivity contribution in [1.82, 2.24) is 4.98 Å². The summed E-state index contributed by atoms with van der Waals surface area (Å²) in [6.45, 7) is -0.633. The highest BCUT2D eigenvalue weighted by Crippen LogP contribution is 2.25. The number of nitrogens with one attached hydrogen (secondary N) is 2. The molecule has 0 spiro atoms. The average molecular weight is 485 g/mol. The Bertz CT molecular complexity index is 1280. The number of Topliss-reactive ketones (excluding diaryl/α,β-unsaturated/α-hetero) is 1. The molecule has 0 saturated heterocycles. The maximum atomic E-state index is 14.4. The average Bonchev–Trinajstić information content (AvgIpc) is 2.79. The van der Waals surface area contributed by atoms with Crippen molar-refractivity contribution in [1.29, 1.82) is 5.41 Å². The van der Waals surface area contributed by atoms with Gasteiger partial charge in [0.15, 0.2) is 12.4 Å². The lowest BCUT2D eigenvalue weighted by molar-refractivity contribution is -0.139. The van der Waals surface area contributed by atoms with Gasteiger partial charge in [0.05, 0.1) is 22.7 Å². The zero-order chi connectivity index (χ0) is 24.8. The van der Waals surface area contributed by atoms with Crippen LogP contribution in [0.4, 0.5) is 10.1 Å². The summed E-state index contributed by atoms with van der Waals surface area (Å²) < 4.78 is 19.5. The zero-order valence-electron chi connectivity index (χ0n) is 17.5. The Labute approximate surface area is 197 Å². The predicted molar refractivity (Wildman–Crippen MR) is 122 cm³/mol. The summed E-state index contributed by atoms with van der Waals surface area (Å²) in [4.78, 5) is 40.6. The number of nitrogens with zero attached hydrogens (tertiary/aromatic N) is 1. The van der Waals surface area contributed by atoms with Gasteiger partial charge in [-0.15, -0.1) is 0 Å². The molecule has 0 aliphatic carbocycles. The van der Waals surface area contributed by atoms with Crippen molar-refractivity contribution in [3.63, 3.8) is 0 Å². The van der Waals surface area contributed by atoms with Crippen LogP contribution in [0.1, 0.15) is 32.0 Å². The number of carbonyl (C=O) groups is 3. The van der Waals surface area contributed by atoms with Crippen LogP contribution in [0, 0.1) is 11.2 Å². The fourth-order valence-corrected chi connectivity index (χ4v) is 3.04. The van der Waals surface area contributed by atoms with Gasteiger partial charge in [-0.1, -0.05) is 17.7 Å². The first kappa shape index (κ1) is 24.3. The summed E-state index contributed by atoms with van der Waals surface area (Å²) in [6.07, 6.45) is 1.23. The monoisotopic (exact) mass is 484 g/mol. The van der Waals surface area contributed by atoms with Crippen LogP contribution in [-0.4, -0.2) is 40.2 Å². The van der Waals surface area contributed by atoms with Crippen LogP contribution in [-0.2, 0) is 11.2 Å². The van der Waals surface area contributed by atoms with Crippen molar-refractivity contribution in [3.05, 3.63) is 88.0 Å². The molecule has 1 amide bonds. The number of ketones is 1. The van der Waals surface area contributed by atoms with Crippen LogP contribution in [0.3, 0.4) is 0 Å². The Morgan fingerprint density at radius 3 is 2.50 bits per heavy atom. The number of pyridine rings is 1. The Kier molecular flexibility index (Phi) is 7.54. The summed E-state index contributed by atoms with van der Waals surface area (Å²) in [7, 11) is 0. The van der Waals surface area contributed by atoms with Gasteiger partial charge in [0.25, 0.3) is 5.91 Å². The first-order chi connectivity index (χ1) is 16.1. The largest absolute Gasteiger partial charge is 0.482 e. The number of carboxylic acid groups (broad SMARTS) is 1. The molecule has 0 unspecified atom stereocenters. The normalized spacial score (nSPS) is 10.4. The number of anilines is 1. The Morgan fingerprint density at radius 1 is 1.12 bits per heavy atom. The lowest BCUT2D eigenvalue weighted by Gasteiger charge is -2.13. The molecule has 3 aromatic rings. The smallest absolute Gasteiger partial charge is 0.341 e. The minimum Gasteiger partial charge on any atom is -0.482 e. The summed E-state index contributed by atoms with van der Waals surface area (Å²) in [5, 5.41) is 19.1. The second-order valence-corrected chi connectivity index (χ2v) is 7.46. The highest BCUT2D eigenvalue weighted by molar-refractivity contribution is 6.30. The number of amides is 1. The van der Waals surface area contributed by atoms with E-state index in [0.717, 1.165) is 6.07 Å². The van der Waals surface area contributed by atoms with Crippen molar-refractivity contribution < 1.29 is 28.6 Å². The standard InChI is InChI=1S/C23H18ClFN4O5/c24-13-2-3-14(28-10-13)8-20(30)17-9-15(34-11-21(31)32)4-6-19(17)29-23(33)16-5-1-12(22(26)27)7-18(16)25/h1-7,9-10H,8,11H2,(H3,26,27)(H,29,33)(H,31,32). The minimum absolute atomic E-state index is 0.00810. The molecule has 11 heteroatoms. The number of ether oxygens (including phenoxy) is 1. The second-order valence-electron chi connectivity index (χ2n) is 7.02. The molecule has 0 aliphatic heterocycles. The molecule has 0 aliphatic rings. The molecule has 2 aromatic carbocycles. The number of halogens is 2. The highest BCUT2D eigenvalue weighted by Gasteiger charge is 2.19. The van der Waals surface area contributed by atoms with E-state index in [4.69, 9.17) is 32.6 Å². The van der Waals surface area contributed by atoms with Gasteiger partial charge in [-0.2, -0.15) is 0 Å². The molecule has 174 valence electrons. The Balaban J connectivity index is 1.91. The number of carboxylic acids is 1. The van der Waals surface area contributed by atoms with Crippen LogP contribution in [0.25, 0.3) is 0 Å². The lowest BCUT2D eigenvalue weighted by Crippen LogP contribution is -2.18. The van der Waals surface area contributed by atoms with E-state index in [1.54, 1.807) is 12.1 Å². The van der Waals surface area contributed by atoms with E-state index in [-0.39, 0.29) is 40.4 Å². The van der Waals surface area contributed by atoms with Crippen LogP contribution >= 0.6 is 11.6 Å². The van der Waals surface area contributed by atoms with Gasteiger partial charge in [0.2, 0.25) is 0 Å². The molecule has 0 fully saturated rings. The van der Waals surface area contributed by atoms with Gasteiger partial charge in [0, 0.05) is 23.0 Å². The molecule has 34 heavy (non-hydrogen) atoms. The van der Waals surface area contributed by atoms with Crippen LogP contribution in [0.5, 0.6) is 5.75 Å². The van der Waals surface area contributed by atoms with E-state index in [9.17, 15) is 18.8 Å². The van der Waals surface area contributed by atoms with Gasteiger partial charge >= 0.3 is 5.97 Å². The Hall–Kier alpha value is -4.31. The summed E-state index contributed by atoms with van der Waals surface area (Å²) in [5.41, 5.74) is 5.60. The second kappa shape index (κ2) is 10.5. The first-order valence-electron chi connectivity index (χ1n) is 9.71. The number of amidine groups is 1. The fourth-order valence-electron chi connectivity index (χ4n) is 2.93.